The second-order valence-electron chi connectivity index (χ2n) is 6.75. The first kappa shape index (κ1) is 16.2. The summed E-state index contributed by atoms with van der Waals surface area (Å²) in [6.45, 7) is 4.32. The van der Waals surface area contributed by atoms with Crippen LogP contribution in [0.2, 0.25) is 0 Å². The van der Waals surface area contributed by atoms with E-state index in [1.807, 2.05) is 12.1 Å². The third-order valence-corrected chi connectivity index (χ3v) is 4.58. The molecule has 0 bridgehead atoms. The number of nitrogens with one attached hydrogen (secondary N) is 1. The summed E-state index contributed by atoms with van der Waals surface area (Å²) in [4.78, 5) is 27.4. The minimum absolute atomic E-state index is 0.00457. The zero-order valence-electron chi connectivity index (χ0n) is 13.8. The number of hydrogen-bond acceptors (Lipinski definition) is 3. The number of carbonyl (C=O) groups excluding carboxylic acids is 1. The van der Waals surface area contributed by atoms with Crippen molar-refractivity contribution in [1.82, 2.24) is 10.3 Å². The van der Waals surface area contributed by atoms with Crippen LogP contribution in [0, 0.1) is 12.3 Å². The van der Waals surface area contributed by atoms with Crippen molar-refractivity contribution in [2.24, 2.45) is 5.41 Å². The quantitative estimate of drug-likeness (QED) is 0.906. The number of benzene rings is 1. The number of pyridine rings is 1. The molecule has 2 aromatic rings. The fourth-order valence-corrected chi connectivity index (χ4v) is 3.31. The molecule has 124 valence electrons. The molecule has 0 fully saturated rings. The van der Waals surface area contributed by atoms with Crippen molar-refractivity contribution in [1.29, 1.82) is 0 Å². The predicted octanol–water partition coefficient (Wildman–Crippen LogP) is 2.62. The monoisotopic (exact) mass is 324 g/mol. The highest BCUT2D eigenvalue weighted by Crippen LogP contribution is 2.35. The third-order valence-electron chi connectivity index (χ3n) is 4.58. The van der Waals surface area contributed by atoms with Crippen molar-refractivity contribution in [3.63, 3.8) is 0 Å². The Bertz CT molecular complexity index is 789. The molecule has 1 aromatic carbocycles. The molecule has 1 amide bonds. The topological polar surface area (TPSA) is 79.3 Å². The number of carboxylic acid groups (broad SMARTS) is 1. The van der Waals surface area contributed by atoms with Crippen LogP contribution in [0.25, 0.3) is 0 Å². The molecule has 0 unspecified atom stereocenters. The first-order valence-electron chi connectivity index (χ1n) is 7.94. The second kappa shape index (κ2) is 6.07. The van der Waals surface area contributed by atoms with E-state index in [0.717, 1.165) is 12.8 Å². The van der Waals surface area contributed by atoms with Gasteiger partial charge in [0.05, 0.1) is 11.3 Å². The van der Waals surface area contributed by atoms with Gasteiger partial charge in [-0.15, -0.1) is 0 Å². The van der Waals surface area contributed by atoms with Crippen LogP contribution in [0.15, 0.2) is 36.4 Å². The lowest BCUT2D eigenvalue weighted by atomic mass is 9.87. The highest BCUT2D eigenvalue weighted by molar-refractivity contribution is 5.94. The van der Waals surface area contributed by atoms with Gasteiger partial charge in [-0.2, -0.15) is 0 Å². The number of carboxylic acids is 1. The maximum atomic E-state index is 12.3. The van der Waals surface area contributed by atoms with Crippen molar-refractivity contribution < 1.29 is 14.7 Å². The molecular weight excluding hydrogens is 304 g/mol. The number of aromatic carboxylic acids is 1. The van der Waals surface area contributed by atoms with Crippen LogP contribution >= 0.6 is 0 Å². The SMILES string of the molecule is Cc1nc(C(=O)NCC2(C)Cc3ccccc3C2)ccc1C(=O)O. The van der Waals surface area contributed by atoms with Crippen molar-refractivity contribution in [2.75, 3.05) is 6.54 Å². The number of amides is 1. The summed E-state index contributed by atoms with van der Waals surface area (Å²) in [6, 6.07) is 11.2. The highest BCUT2D eigenvalue weighted by Gasteiger charge is 2.33. The van der Waals surface area contributed by atoms with Gasteiger partial charge in [-0.25, -0.2) is 9.78 Å². The number of aryl methyl sites for hydroxylation is 1. The maximum absolute atomic E-state index is 12.3. The second-order valence-corrected chi connectivity index (χ2v) is 6.75. The summed E-state index contributed by atoms with van der Waals surface area (Å²) in [7, 11) is 0. The number of nitrogens with zero attached hydrogens (tertiary/aromatic N) is 1. The van der Waals surface area contributed by atoms with Crippen LogP contribution in [0.3, 0.4) is 0 Å². The molecule has 0 saturated carbocycles. The van der Waals surface area contributed by atoms with Crippen molar-refractivity contribution in [3.05, 3.63) is 64.5 Å². The smallest absolute Gasteiger partial charge is 0.337 e. The number of fused-ring (bicyclic) bond motifs is 1. The average Bonchev–Trinajstić information content (AvgIpc) is 2.88. The summed E-state index contributed by atoms with van der Waals surface area (Å²) in [5.41, 5.74) is 3.38. The minimum Gasteiger partial charge on any atom is -0.478 e. The Morgan fingerprint density at radius 1 is 1.17 bits per heavy atom. The first-order chi connectivity index (χ1) is 11.4. The normalized spacial score (nSPS) is 14.9. The molecule has 0 aliphatic heterocycles. The van der Waals surface area contributed by atoms with Gasteiger partial charge >= 0.3 is 5.97 Å². The molecule has 1 aliphatic rings. The molecule has 0 atom stereocenters. The van der Waals surface area contributed by atoms with E-state index < -0.39 is 5.97 Å². The van der Waals surface area contributed by atoms with Crippen LogP contribution in [-0.4, -0.2) is 28.5 Å². The van der Waals surface area contributed by atoms with Gasteiger partial charge in [0, 0.05) is 6.54 Å². The number of aromatic nitrogens is 1. The number of carbonyl (C=O) groups is 2. The lowest BCUT2D eigenvalue weighted by Crippen LogP contribution is -2.36. The van der Waals surface area contributed by atoms with E-state index in [-0.39, 0.29) is 22.6 Å². The Morgan fingerprint density at radius 2 is 1.79 bits per heavy atom. The van der Waals surface area contributed by atoms with Crippen molar-refractivity contribution >= 4 is 11.9 Å². The van der Waals surface area contributed by atoms with E-state index in [0.29, 0.717) is 12.2 Å². The van der Waals surface area contributed by atoms with Crippen LogP contribution < -0.4 is 5.32 Å². The molecule has 0 saturated heterocycles. The van der Waals surface area contributed by atoms with Gasteiger partial charge in [-0.3, -0.25) is 4.79 Å². The zero-order chi connectivity index (χ0) is 17.3. The van der Waals surface area contributed by atoms with E-state index in [9.17, 15) is 9.59 Å². The van der Waals surface area contributed by atoms with E-state index >= 15 is 0 Å². The largest absolute Gasteiger partial charge is 0.478 e. The van der Waals surface area contributed by atoms with Crippen LogP contribution in [0.1, 0.15) is 44.6 Å². The average molecular weight is 324 g/mol. The standard InChI is InChI=1S/C19H20N2O3/c1-12-15(18(23)24)7-8-16(21-12)17(22)20-11-19(2)9-13-5-3-4-6-14(13)10-19/h3-8H,9-11H2,1-2H3,(H,20,22)(H,23,24). The number of hydrogen-bond donors (Lipinski definition) is 2. The fourth-order valence-electron chi connectivity index (χ4n) is 3.31. The summed E-state index contributed by atoms with van der Waals surface area (Å²) in [5, 5.41) is 12.0. The van der Waals surface area contributed by atoms with E-state index in [4.69, 9.17) is 5.11 Å². The van der Waals surface area contributed by atoms with Crippen molar-refractivity contribution in [3.8, 4) is 0 Å². The van der Waals surface area contributed by atoms with Crippen LogP contribution in [0.5, 0.6) is 0 Å². The molecule has 5 nitrogen and oxygen atoms in total. The molecule has 0 spiro atoms. The lowest BCUT2D eigenvalue weighted by molar-refractivity contribution is 0.0694. The Kier molecular flexibility index (Phi) is 4.09. The van der Waals surface area contributed by atoms with E-state index in [1.54, 1.807) is 6.92 Å². The molecule has 3 rings (SSSR count). The molecule has 1 heterocycles. The van der Waals surface area contributed by atoms with Gasteiger partial charge in [0.2, 0.25) is 0 Å². The van der Waals surface area contributed by atoms with Gasteiger partial charge in [0.1, 0.15) is 5.69 Å². The molecule has 1 aliphatic carbocycles. The first-order valence-corrected chi connectivity index (χ1v) is 7.94. The maximum Gasteiger partial charge on any atom is 0.337 e. The lowest BCUT2D eigenvalue weighted by Gasteiger charge is -2.23. The molecule has 1 aromatic heterocycles. The molecule has 5 heteroatoms. The Morgan fingerprint density at radius 3 is 2.33 bits per heavy atom. The predicted molar refractivity (Wildman–Crippen MR) is 90.2 cm³/mol. The highest BCUT2D eigenvalue weighted by atomic mass is 16.4. The number of rotatable bonds is 4. The third kappa shape index (κ3) is 3.15. The molecule has 0 radical (unpaired) electrons. The Balaban J connectivity index is 1.66. The summed E-state index contributed by atoms with van der Waals surface area (Å²) in [6.07, 6.45) is 1.88. The molecule has 24 heavy (non-hydrogen) atoms. The van der Waals surface area contributed by atoms with E-state index in [1.165, 1.54) is 23.3 Å². The van der Waals surface area contributed by atoms with Crippen molar-refractivity contribution in [2.45, 2.75) is 26.7 Å². The van der Waals surface area contributed by atoms with Gasteiger partial charge in [-0.1, -0.05) is 31.2 Å². The molecule has 2 N–H and O–H groups in total. The summed E-state index contributed by atoms with van der Waals surface area (Å²) < 4.78 is 0. The summed E-state index contributed by atoms with van der Waals surface area (Å²) >= 11 is 0. The fraction of sp³-hybridized carbons (Fsp3) is 0.316. The van der Waals surface area contributed by atoms with Gasteiger partial charge in [0.15, 0.2) is 0 Å². The Labute approximate surface area is 140 Å². The molecular formula is C19H20N2O3. The Hall–Kier alpha value is -2.69. The zero-order valence-corrected chi connectivity index (χ0v) is 13.8. The summed E-state index contributed by atoms with van der Waals surface area (Å²) in [5.74, 6) is -1.31. The van der Waals surface area contributed by atoms with Crippen LogP contribution in [-0.2, 0) is 12.8 Å². The van der Waals surface area contributed by atoms with E-state index in [2.05, 4.69) is 29.4 Å². The minimum atomic E-state index is -1.04. The van der Waals surface area contributed by atoms with Gasteiger partial charge in [0.25, 0.3) is 5.91 Å². The van der Waals surface area contributed by atoms with Crippen LogP contribution in [0.4, 0.5) is 0 Å². The van der Waals surface area contributed by atoms with Gasteiger partial charge < -0.3 is 10.4 Å². The van der Waals surface area contributed by atoms with Gasteiger partial charge in [-0.05, 0) is 48.4 Å².